The molecule has 0 aromatic carbocycles. The Labute approximate surface area is 50.4 Å². The highest BCUT2D eigenvalue weighted by Crippen LogP contribution is 2.17. The normalized spacial score (nSPS) is 9.78. The summed E-state index contributed by atoms with van der Waals surface area (Å²) in [5, 5.41) is 10.3. The van der Waals surface area contributed by atoms with Crippen molar-refractivity contribution in [2.75, 3.05) is 17.2 Å². The molecule has 0 aliphatic rings. The molecule has 50 valence electrons. The Morgan fingerprint density at radius 1 is 1.33 bits per heavy atom. The van der Waals surface area contributed by atoms with Crippen LogP contribution in [0.15, 0.2) is 4.52 Å². The number of nitrogens with zero attached hydrogens (tertiary/aromatic N) is 1. The quantitative estimate of drug-likeness (QED) is 0.375. The van der Waals surface area contributed by atoms with Gasteiger partial charge >= 0.3 is 5.82 Å². The van der Waals surface area contributed by atoms with Crippen molar-refractivity contribution >= 4 is 17.4 Å². The maximum Gasteiger partial charge on any atom is 0.339 e. The number of hydrogen-bond acceptors (Lipinski definition) is 5. The molecule has 1 aromatic heterocycles. The smallest absolute Gasteiger partial charge is 0.339 e. The fraction of sp³-hybridized carbons (Fsp3) is 0. The predicted molar refractivity (Wildman–Crippen MR) is 30.9 cm³/mol. The number of rotatable bonds is 0. The lowest BCUT2D eigenvalue weighted by Crippen LogP contribution is -2.26. The fourth-order valence-electron chi connectivity index (χ4n) is 0.412. The van der Waals surface area contributed by atoms with Gasteiger partial charge in [0.25, 0.3) is 0 Å². The van der Waals surface area contributed by atoms with E-state index in [1.165, 1.54) is 0 Å². The van der Waals surface area contributed by atoms with Crippen molar-refractivity contribution < 1.29 is 9.43 Å². The maximum atomic E-state index is 10.3. The van der Waals surface area contributed by atoms with Crippen molar-refractivity contribution in [2.24, 2.45) is 0 Å². The van der Waals surface area contributed by atoms with Gasteiger partial charge in [-0.1, -0.05) is 0 Å². The molecule has 0 bridgehead atoms. The van der Waals surface area contributed by atoms with Gasteiger partial charge in [-0.15, -0.1) is 0 Å². The van der Waals surface area contributed by atoms with E-state index in [0.717, 1.165) is 0 Å². The van der Waals surface area contributed by atoms with Crippen LogP contribution in [0, 0.1) is 5.21 Å². The predicted octanol–water partition coefficient (Wildman–Crippen LogP) is -1.34. The van der Waals surface area contributed by atoms with E-state index in [0.29, 0.717) is 0 Å². The highest BCUT2D eigenvalue weighted by atomic mass is 16.7. The number of nitrogen functional groups attached to an aromatic ring is 3. The van der Waals surface area contributed by atoms with E-state index in [2.05, 4.69) is 4.52 Å². The Bertz CT molecular complexity index is 207. The Balaban J connectivity index is 3.29. The van der Waals surface area contributed by atoms with Crippen LogP contribution in [0.1, 0.15) is 0 Å². The van der Waals surface area contributed by atoms with Crippen LogP contribution in [0.4, 0.5) is 17.4 Å². The number of anilines is 3. The monoisotopic (exact) mass is 130 g/mol. The highest BCUT2D eigenvalue weighted by Gasteiger charge is 2.09. The van der Waals surface area contributed by atoms with Crippen LogP contribution in [0.2, 0.25) is 0 Å². The van der Waals surface area contributed by atoms with E-state index in [-0.39, 0.29) is 22.3 Å². The first kappa shape index (κ1) is 5.54. The molecule has 6 N–H and O–H groups in total. The van der Waals surface area contributed by atoms with Crippen LogP contribution in [0.25, 0.3) is 0 Å². The van der Waals surface area contributed by atoms with Crippen LogP contribution in [0.3, 0.4) is 0 Å². The van der Waals surface area contributed by atoms with Gasteiger partial charge < -0.3 is 21.2 Å². The van der Waals surface area contributed by atoms with E-state index in [4.69, 9.17) is 17.2 Å². The van der Waals surface area contributed by atoms with Crippen molar-refractivity contribution in [3.05, 3.63) is 5.21 Å². The van der Waals surface area contributed by atoms with E-state index in [1.54, 1.807) is 0 Å². The van der Waals surface area contributed by atoms with Gasteiger partial charge in [0.05, 0.1) is 0 Å². The van der Waals surface area contributed by atoms with Crippen LogP contribution in [0.5, 0.6) is 0 Å². The Kier molecular flexibility index (Phi) is 0.888. The number of nitrogens with two attached hydrogens (primary N) is 3. The zero-order chi connectivity index (χ0) is 7.02. The standard InChI is InChI=1S/C3H6N4O2/c4-1-2(5)7(8)9-3(1)6/h4-6H2. The molecule has 0 atom stereocenters. The van der Waals surface area contributed by atoms with E-state index >= 15 is 0 Å². The summed E-state index contributed by atoms with van der Waals surface area (Å²) >= 11 is 0. The van der Waals surface area contributed by atoms with E-state index < -0.39 is 0 Å². The Hall–Kier alpha value is -1.59. The van der Waals surface area contributed by atoms with Crippen LogP contribution < -0.4 is 22.1 Å². The van der Waals surface area contributed by atoms with Gasteiger partial charge in [0.1, 0.15) is 5.88 Å². The lowest BCUT2D eigenvalue weighted by Gasteiger charge is -1.85. The summed E-state index contributed by atoms with van der Waals surface area (Å²) < 4.78 is 4.23. The molecule has 0 saturated carbocycles. The minimum absolute atomic E-state index is 0.00926. The molecule has 0 amide bonds. The van der Waals surface area contributed by atoms with Crippen molar-refractivity contribution in [3.8, 4) is 0 Å². The summed E-state index contributed by atoms with van der Waals surface area (Å²) in [5.74, 6) is -0.352. The summed E-state index contributed by atoms with van der Waals surface area (Å²) in [6, 6.07) is 0. The first-order chi connectivity index (χ1) is 4.13. The highest BCUT2D eigenvalue weighted by molar-refractivity contribution is 5.66. The SMILES string of the molecule is Nc1o[n+]([O-])c(N)c1N. The summed E-state index contributed by atoms with van der Waals surface area (Å²) in [7, 11) is 0. The fourth-order valence-corrected chi connectivity index (χ4v) is 0.412. The molecule has 1 rings (SSSR count). The molecule has 0 radical (unpaired) electrons. The average Bonchev–Trinajstić information content (AvgIpc) is 1.98. The van der Waals surface area contributed by atoms with Crippen molar-refractivity contribution in [3.63, 3.8) is 0 Å². The van der Waals surface area contributed by atoms with E-state index in [1.807, 2.05) is 0 Å². The largest absolute Gasteiger partial charge is 0.421 e. The van der Waals surface area contributed by atoms with Gasteiger partial charge in [-0.05, 0) is 4.90 Å². The van der Waals surface area contributed by atoms with Crippen LogP contribution in [-0.4, -0.2) is 0 Å². The number of hydrogen-bond donors (Lipinski definition) is 3. The first-order valence-electron chi connectivity index (χ1n) is 2.16. The van der Waals surface area contributed by atoms with Gasteiger partial charge in [0, 0.05) is 0 Å². The van der Waals surface area contributed by atoms with Gasteiger partial charge in [0.15, 0.2) is 5.69 Å². The second-order valence-corrected chi connectivity index (χ2v) is 1.51. The second-order valence-electron chi connectivity index (χ2n) is 1.51. The van der Waals surface area contributed by atoms with Gasteiger partial charge in [-0.2, -0.15) is 0 Å². The minimum atomic E-state index is -0.201. The molecule has 0 fully saturated rings. The summed E-state index contributed by atoms with van der Waals surface area (Å²) in [6.07, 6.45) is 0. The second kappa shape index (κ2) is 1.44. The van der Waals surface area contributed by atoms with Crippen molar-refractivity contribution in [1.82, 2.24) is 0 Å². The van der Waals surface area contributed by atoms with E-state index in [9.17, 15) is 5.21 Å². The molecule has 6 heteroatoms. The third-order valence-corrected chi connectivity index (χ3v) is 0.919. The summed E-state index contributed by atoms with van der Waals surface area (Å²) in [4.78, 5) is 0.0602. The molecule has 1 aromatic rings. The van der Waals surface area contributed by atoms with Gasteiger partial charge in [-0.25, -0.2) is 0 Å². The molecular weight excluding hydrogens is 124 g/mol. The van der Waals surface area contributed by atoms with Crippen LogP contribution in [-0.2, 0) is 0 Å². The first-order valence-corrected chi connectivity index (χ1v) is 2.16. The van der Waals surface area contributed by atoms with Gasteiger partial charge in [0.2, 0.25) is 0 Å². The molecule has 1 heterocycles. The minimum Gasteiger partial charge on any atom is -0.421 e. The molecule has 0 unspecified atom stereocenters. The maximum absolute atomic E-state index is 10.3. The molecule has 6 nitrogen and oxygen atoms in total. The van der Waals surface area contributed by atoms with Crippen molar-refractivity contribution in [1.29, 1.82) is 0 Å². The summed E-state index contributed by atoms with van der Waals surface area (Å²) in [6.45, 7) is 0. The Morgan fingerprint density at radius 2 is 1.89 bits per heavy atom. The lowest BCUT2D eigenvalue weighted by atomic mass is 10.5. The molecule has 0 aliphatic carbocycles. The molecule has 0 spiro atoms. The number of aromatic nitrogens is 1. The van der Waals surface area contributed by atoms with Gasteiger partial charge in [-0.3, -0.25) is 5.73 Å². The molecule has 9 heavy (non-hydrogen) atoms. The topological polar surface area (TPSA) is 118 Å². The third-order valence-electron chi connectivity index (χ3n) is 0.919. The molecular formula is C3H6N4O2. The molecule has 0 saturated heterocycles. The van der Waals surface area contributed by atoms with Crippen LogP contribution >= 0.6 is 0 Å². The third kappa shape index (κ3) is 0.600. The Morgan fingerprint density at radius 3 is 2.00 bits per heavy atom. The van der Waals surface area contributed by atoms with Crippen molar-refractivity contribution in [2.45, 2.75) is 0 Å². The average molecular weight is 130 g/mol. The summed E-state index contributed by atoms with van der Waals surface area (Å²) in [5.41, 5.74) is 15.2. The zero-order valence-corrected chi connectivity index (χ0v) is 4.50. The lowest BCUT2D eigenvalue weighted by molar-refractivity contribution is -0.778. The zero-order valence-electron chi connectivity index (χ0n) is 4.50. The molecule has 0 aliphatic heterocycles.